The van der Waals surface area contributed by atoms with E-state index in [4.69, 9.17) is 18.9 Å². The fourth-order valence-electron chi connectivity index (χ4n) is 6.63. The Morgan fingerprint density at radius 2 is 1.19 bits per heavy atom. The predicted molar refractivity (Wildman–Crippen MR) is 203 cm³/mol. The quantitative estimate of drug-likeness (QED) is 0.0394. The van der Waals surface area contributed by atoms with Crippen molar-refractivity contribution in [3.8, 4) is 0 Å². The molecule has 2 heterocycles. The van der Waals surface area contributed by atoms with Crippen LogP contribution in [0.15, 0.2) is 24.3 Å². The van der Waals surface area contributed by atoms with E-state index in [0.717, 1.165) is 19.3 Å². The summed E-state index contributed by atoms with van der Waals surface area (Å²) >= 11 is 0. The third-order valence-electron chi connectivity index (χ3n) is 10.1. The third-order valence-corrected chi connectivity index (χ3v) is 10.1. The molecule has 2 rings (SSSR count). The van der Waals surface area contributed by atoms with Gasteiger partial charge in [-0.2, -0.15) is 0 Å². The van der Waals surface area contributed by atoms with E-state index in [1.165, 1.54) is 77.0 Å². The van der Waals surface area contributed by atoms with Gasteiger partial charge in [0.25, 0.3) is 0 Å². The molecule has 54 heavy (non-hydrogen) atoms. The molecule has 0 aromatic carbocycles. The molecule has 316 valence electrons. The van der Waals surface area contributed by atoms with Gasteiger partial charge < -0.3 is 65.1 Å². The Labute approximate surface area is 322 Å². The lowest BCUT2D eigenvalue weighted by Gasteiger charge is -2.46. The van der Waals surface area contributed by atoms with Crippen LogP contribution in [0, 0.1) is 0 Å². The van der Waals surface area contributed by atoms with Gasteiger partial charge in [-0.1, -0.05) is 115 Å². The van der Waals surface area contributed by atoms with Gasteiger partial charge >= 0.3 is 0 Å². The minimum atomic E-state index is -1.79. The highest BCUT2D eigenvalue weighted by atomic mass is 16.7. The van der Waals surface area contributed by atoms with Gasteiger partial charge in [-0.05, 0) is 32.1 Å². The van der Waals surface area contributed by atoms with E-state index in [0.29, 0.717) is 12.8 Å². The van der Waals surface area contributed by atoms with E-state index in [1.54, 1.807) is 6.08 Å². The van der Waals surface area contributed by atoms with Crippen LogP contribution in [0.1, 0.15) is 129 Å². The molecule has 2 saturated heterocycles. The van der Waals surface area contributed by atoms with Crippen LogP contribution in [0.4, 0.5) is 0 Å². The number of hydrogen-bond donors (Lipinski definition) is 9. The monoisotopic (exact) mass is 776 g/mol. The van der Waals surface area contributed by atoms with Crippen LogP contribution >= 0.6 is 0 Å². The Morgan fingerprint density at radius 1 is 0.648 bits per heavy atom. The summed E-state index contributed by atoms with van der Waals surface area (Å²) in [7, 11) is 0. The molecule has 0 saturated carbocycles. The first-order valence-corrected chi connectivity index (χ1v) is 20.6. The van der Waals surface area contributed by atoms with Crippen molar-refractivity contribution in [3.63, 3.8) is 0 Å². The smallest absolute Gasteiger partial charge is 0.220 e. The number of amides is 1. The van der Waals surface area contributed by atoms with Gasteiger partial charge in [0.05, 0.1) is 32.0 Å². The summed E-state index contributed by atoms with van der Waals surface area (Å²) in [5, 5.41) is 85.5. The first-order chi connectivity index (χ1) is 26.1. The van der Waals surface area contributed by atoms with Crippen LogP contribution in [0.25, 0.3) is 0 Å². The molecule has 1 amide bonds. The van der Waals surface area contributed by atoms with Gasteiger partial charge in [0.2, 0.25) is 5.91 Å². The number of hydrogen-bond acceptors (Lipinski definition) is 13. The average molecular weight is 776 g/mol. The van der Waals surface area contributed by atoms with E-state index >= 15 is 0 Å². The Kier molecular flexibility index (Phi) is 25.9. The molecule has 0 spiro atoms. The molecule has 12 unspecified atom stereocenters. The van der Waals surface area contributed by atoms with Crippen molar-refractivity contribution < 1.29 is 64.6 Å². The zero-order valence-corrected chi connectivity index (χ0v) is 32.7. The van der Waals surface area contributed by atoms with Crippen LogP contribution in [0.5, 0.6) is 0 Å². The minimum Gasteiger partial charge on any atom is -0.394 e. The second kappa shape index (κ2) is 28.8. The maximum Gasteiger partial charge on any atom is 0.220 e. The average Bonchev–Trinajstić information content (AvgIpc) is 3.17. The Bertz CT molecular complexity index is 1010. The van der Waals surface area contributed by atoms with E-state index in [1.807, 2.05) is 13.0 Å². The summed E-state index contributed by atoms with van der Waals surface area (Å²) in [6.07, 6.45) is 10.9. The zero-order valence-electron chi connectivity index (χ0n) is 32.7. The fraction of sp³-hybridized carbons (Fsp3) is 0.875. The summed E-state index contributed by atoms with van der Waals surface area (Å²) in [5.41, 5.74) is 0. The third kappa shape index (κ3) is 17.7. The molecular weight excluding hydrogens is 702 g/mol. The summed E-state index contributed by atoms with van der Waals surface area (Å²) in [5.74, 6) is -0.287. The number of allylic oxidation sites excluding steroid dienone is 3. The second-order valence-corrected chi connectivity index (χ2v) is 14.8. The van der Waals surface area contributed by atoms with Gasteiger partial charge in [0.15, 0.2) is 12.6 Å². The molecule has 0 aromatic rings. The zero-order chi connectivity index (χ0) is 39.7. The van der Waals surface area contributed by atoms with Crippen molar-refractivity contribution in [2.45, 2.75) is 203 Å². The maximum absolute atomic E-state index is 12.6. The van der Waals surface area contributed by atoms with Crippen LogP contribution in [0.3, 0.4) is 0 Å². The van der Waals surface area contributed by atoms with Gasteiger partial charge in [-0.15, -0.1) is 0 Å². The predicted octanol–water partition coefficient (Wildman–Crippen LogP) is 2.65. The summed E-state index contributed by atoms with van der Waals surface area (Å²) in [4.78, 5) is 12.6. The standard InChI is InChI=1S/C40H73NO13/c1-3-5-7-8-9-10-11-12-13-14-15-16-17-18-19-20-21-22-23-29(44)28(41-32(45)24-6-4-2)27-51-39-37(50)35(48)38(31(26-43)53-39)54-40-36(49)34(47)33(46)30(25-42)52-40/h18-19,22-23,28-31,33-40,42-44,46-50H,3-17,20-21,24-27H2,1-2H3,(H,41,45)/b19-18+,23-22+. The molecule has 0 bridgehead atoms. The first kappa shape index (κ1) is 48.6. The lowest BCUT2D eigenvalue weighted by atomic mass is 9.97. The molecule has 14 heteroatoms. The SMILES string of the molecule is CCCCCCCCCCCCCC/C=C/CC/C=C/C(O)C(COC1OC(CO)C(OC2OC(CO)C(O)C(O)C2O)C(O)C1O)NC(=O)CCCC. The number of aliphatic hydroxyl groups is 8. The van der Waals surface area contributed by atoms with Crippen LogP contribution in [-0.2, 0) is 23.7 Å². The van der Waals surface area contributed by atoms with Crippen molar-refractivity contribution in [2.24, 2.45) is 0 Å². The molecular formula is C40H73NO13. The Morgan fingerprint density at radius 3 is 1.80 bits per heavy atom. The highest BCUT2D eigenvalue weighted by Gasteiger charge is 2.50. The van der Waals surface area contributed by atoms with Gasteiger partial charge in [0, 0.05) is 6.42 Å². The highest BCUT2D eigenvalue weighted by Crippen LogP contribution is 2.29. The Hall–Kier alpha value is -1.53. The van der Waals surface area contributed by atoms with Crippen molar-refractivity contribution in [1.29, 1.82) is 0 Å². The van der Waals surface area contributed by atoms with E-state index in [2.05, 4.69) is 24.4 Å². The second-order valence-electron chi connectivity index (χ2n) is 14.8. The number of nitrogens with one attached hydrogen (secondary N) is 1. The van der Waals surface area contributed by atoms with E-state index in [-0.39, 0.29) is 18.9 Å². The fourth-order valence-corrected chi connectivity index (χ4v) is 6.63. The lowest BCUT2D eigenvalue weighted by molar-refractivity contribution is -0.359. The van der Waals surface area contributed by atoms with Gasteiger partial charge in [0.1, 0.15) is 48.8 Å². The van der Waals surface area contributed by atoms with Crippen molar-refractivity contribution in [2.75, 3.05) is 19.8 Å². The molecule has 0 radical (unpaired) electrons. The number of rotatable bonds is 29. The van der Waals surface area contributed by atoms with Crippen LogP contribution in [-0.4, -0.2) is 140 Å². The normalized spacial score (nSPS) is 30.3. The van der Waals surface area contributed by atoms with Gasteiger partial charge in [-0.3, -0.25) is 4.79 Å². The number of unbranched alkanes of at least 4 members (excludes halogenated alkanes) is 14. The highest BCUT2D eigenvalue weighted by molar-refractivity contribution is 5.76. The lowest BCUT2D eigenvalue weighted by Crippen LogP contribution is -2.65. The Balaban J connectivity index is 1.81. The van der Waals surface area contributed by atoms with E-state index in [9.17, 15) is 45.6 Å². The number of aliphatic hydroxyl groups excluding tert-OH is 8. The van der Waals surface area contributed by atoms with E-state index < -0.39 is 86.8 Å². The largest absolute Gasteiger partial charge is 0.394 e. The van der Waals surface area contributed by atoms with Crippen LogP contribution in [0.2, 0.25) is 0 Å². The van der Waals surface area contributed by atoms with Gasteiger partial charge in [-0.25, -0.2) is 0 Å². The summed E-state index contributed by atoms with van der Waals surface area (Å²) < 4.78 is 22.4. The van der Waals surface area contributed by atoms with Crippen molar-refractivity contribution in [1.82, 2.24) is 5.32 Å². The first-order valence-electron chi connectivity index (χ1n) is 20.6. The molecule has 12 atom stereocenters. The number of carbonyl (C=O) groups is 1. The van der Waals surface area contributed by atoms with Crippen LogP contribution < -0.4 is 5.32 Å². The molecule has 2 aliphatic heterocycles. The molecule has 0 aromatic heterocycles. The number of carbonyl (C=O) groups excluding carboxylic acids is 1. The minimum absolute atomic E-state index is 0.248. The van der Waals surface area contributed by atoms with Crippen molar-refractivity contribution >= 4 is 5.91 Å². The molecule has 9 N–H and O–H groups in total. The molecule has 14 nitrogen and oxygen atoms in total. The molecule has 2 aliphatic rings. The summed E-state index contributed by atoms with van der Waals surface area (Å²) in [6.45, 7) is 2.47. The topological polar surface area (TPSA) is 228 Å². The maximum atomic E-state index is 12.6. The molecule has 0 aliphatic carbocycles. The number of ether oxygens (including phenoxy) is 4. The summed E-state index contributed by atoms with van der Waals surface area (Å²) in [6, 6.07) is -0.921. The molecule has 2 fully saturated rings. The van der Waals surface area contributed by atoms with Crippen molar-refractivity contribution in [3.05, 3.63) is 24.3 Å².